The van der Waals surface area contributed by atoms with Crippen molar-refractivity contribution >= 4 is 44.4 Å². The third-order valence-electron chi connectivity index (χ3n) is 11.9. The number of benzene rings is 1. The zero-order valence-corrected chi connectivity index (χ0v) is 30.9. The van der Waals surface area contributed by atoms with E-state index in [2.05, 4.69) is 9.71 Å². The highest BCUT2D eigenvalue weighted by Crippen LogP contribution is 2.59. The van der Waals surface area contributed by atoms with Crippen molar-refractivity contribution in [1.82, 2.24) is 14.6 Å². The number of esters is 1. The number of Topliss-reactive ketones (excluding diaryl/α,β-unsaturated/α-hetero) is 1. The molecule has 2 saturated heterocycles. The molecular formula is C39H51N3O9S. The highest BCUT2D eigenvalue weighted by Gasteiger charge is 2.62. The van der Waals surface area contributed by atoms with Crippen LogP contribution >= 0.6 is 0 Å². The van der Waals surface area contributed by atoms with Crippen molar-refractivity contribution in [2.24, 2.45) is 17.3 Å². The molecule has 1 N–H and O–H groups in total. The molecule has 7 rings (SSSR count). The van der Waals surface area contributed by atoms with Gasteiger partial charge in [0.1, 0.15) is 11.9 Å². The molecule has 1 aromatic carbocycles. The summed E-state index contributed by atoms with van der Waals surface area (Å²) in [4.78, 5) is 62.0. The second-order valence-corrected chi connectivity index (χ2v) is 17.6. The van der Waals surface area contributed by atoms with Gasteiger partial charge in [-0.1, -0.05) is 32.1 Å². The van der Waals surface area contributed by atoms with E-state index in [0.717, 1.165) is 79.9 Å². The van der Waals surface area contributed by atoms with Gasteiger partial charge in [0.05, 0.1) is 43.4 Å². The van der Waals surface area contributed by atoms with Crippen molar-refractivity contribution in [3.63, 3.8) is 0 Å². The van der Waals surface area contributed by atoms with Gasteiger partial charge in [-0.05, 0) is 92.9 Å². The fourth-order valence-corrected chi connectivity index (χ4v) is 10.0. The molecule has 3 aliphatic heterocycles. The van der Waals surface area contributed by atoms with E-state index in [0.29, 0.717) is 38.0 Å². The van der Waals surface area contributed by atoms with Crippen LogP contribution in [0.2, 0.25) is 0 Å². The summed E-state index contributed by atoms with van der Waals surface area (Å²) < 4.78 is 46.0. The van der Waals surface area contributed by atoms with Crippen LogP contribution in [0.3, 0.4) is 0 Å². The van der Waals surface area contributed by atoms with E-state index in [1.807, 2.05) is 18.2 Å². The van der Waals surface area contributed by atoms with Crippen LogP contribution in [0.25, 0.3) is 10.8 Å². The zero-order valence-electron chi connectivity index (χ0n) is 30.1. The third-order valence-corrected chi connectivity index (χ3v) is 13.7. The summed E-state index contributed by atoms with van der Waals surface area (Å²) >= 11 is 0. The van der Waals surface area contributed by atoms with Gasteiger partial charge in [-0.2, -0.15) is 0 Å². The minimum atomic E-state index is -3.80. The Morgan fingerprint density at radius 1 is 1.00 bits per heavy atom. The lowest BCUT2D eigenvalue weighted by Gasteiger charge is -2.29. The molecule has 0 radical (unpaired) electrons. The Balaban J connectivity index is 1.22. The molecule has 2 aliphatic carbocycles. The van der Waals surface area contributed by atoms with Crippen molar-refractivity contribution in [3.8, 4) is 11.6 Å². The number of methoxy groups -OCH3 is 1. The SMILES string of the molecule is COc1cc2ccnc3c2cc1CCCCCOC(=O)C[C@H]1CCCCCCC[C@H]2C[C@@]2(C(=O)NS(=O)(=O)C2CC2)CC(=O)[C@@H]2C[C@H](CN2C1=O)O3. The number of fused-ring (bicyclic) bond motifs is 4. The number of nitrogens with one attached hydrogen (secondary N) is 1. The zero-order chi connectivity index (χ0) is 36.5. The largest absolute Gasteiger partial charge is 0.496 e. The highest BCUT2D eigenvalue weighted by atomic mass is 32.2. The summed E-state index contributed by atoms with van der Waals surface area (Å²) in [6.45, 7) is 0.381. The van der Waals surface area contributed by atoms with E-state index in [1.54, 1.807) is 18.2 Å². The van der Waals surface area contributed by atoms with Crippen molar-refractivity contribution in [2.45, 2.75) is 127 Å². The molecule has 13 heteroatoms. The van der Waals surface area contributed by atoms with Crippen LogP contribution < -0.4 is 14.2 Å². The van der Waals surface area contributed by atoms with E-state index in [9.17, 15) is 27.6 Å². The van der Waals surface area contributed by atoms with Crippen molar-refractivity contribution < 1.29 is 41.8 Å². The number of amides is 2. The Bertz CT molecular complexity index is 1810. The molecule has 0 spiro atoms. The minimum Gasteiger partial charge on any atom is -0.496 e. The molecule has 4 heterocycles. The normalized spacial score (nSPS) is 29.6. The van der Waals surface area contributed by atoms with Crippen molar-refractivity contribution in [2.75, 3.05) is 20.3 Å². The Hall–Kier alpha value is -3.74. The van der Waals surface area contributed by atoms with Crippen molar-refractivity contribution in [1.29, 1.82) is 0 Å². The second-order valence-electron chi connectivity index (χ2n) is 15.6. The molecule has 1 aromatic heterocycles. The molecule has 52 heavy (non-hydrogen) atoms. The van der Waals surface area contributed by atoms with Crippen LogP contribution in [0.1, 0.15) is 108 Å². The van der Waals surface area contributed by atoms with Gasteiger partial charge in [0.25, 0.3) is 0 Å². The van der Waals surface area contributed by atoms with E-state index < -0.39 is 50.6 Å². The number of aryl methyl sites for hydroxylation is 1. The van der Waals surface area contributed by atoms with E-state index in [1.165, 1.54) is 0 Å². The molecule has 12 nitrogen and oxygen atoms in total. The lowest BCUT2D eigenvalue weighted by molar-refractivity contribution is -0.150. The number of cyclic esters (lactones) is 1. The van der Waals surface area contributed by atoms with Gasteiger partial charge >= 0.3 is 5.97 Å². The van der Waals surface area contributed by atoms with E-state index in [4.69, 9.17) is 14.2 Å². The summed E-state index contributed by atoms with van der Waals surface area (Å²) in [6, 6.07) is 4.99. The number of aromatic nitrogens is 1. The van der Waals surface area contributed by atoms with Gasteiger partial charge in [-0.15, -0.1) is 0 Å². The van der Waals surface area contributed by atoms with Crippen LogP contribution in [0.4, 0.5) is 0 Å². The Labute approximate surface area is 305 Å². The predicted molar refractivity (Wildman–Crippen MR) is 192 cm³/mol. The van der Waals surface area contributed by atoms with Gasteiger partial charge in [0.2, 0.25) is 27.7 Å². The molecule has 282 valence electrons. The lowest BCUT2D eigenvalue weighted by Crippen LogP contribution is -2.46. The number of carbonyl (C=O) groups excluding carboxylic acids is 4. The van der Waals surface area contributed by atoms with Gasteiger partial charge in [0, 0.05) is 30.3 Å². The van der Waals surface area contributed by atoms with Crippen LogP contribution in [-0.4, -0.2) is 79.5 Å². The average molecular weight is 738 g/mol. The van der Waals surface area contributed by atoms with Crippen LogP contribution in [0.15, 0.2) is 24.4 Å². The molecule has 2 saturated carbocycles. The molecule has 2 amide bonds. The molecule has 0 unspecified atom stereocenters. The number of ketones is 1. The number of carbonyl (C=O) groups is 4. The first-order valence-corrected chi connectivity index (χ1v) is 20.8. The number of sulfonamides is 1. The topological polar surface area (TPSA) is 158 Å². The fourth-order valence-electron chi connectivity index (χ4n) is 8.64. The minimum absolute atomic E-state index is 0.0716. The average Bonchev–Trinajstić information content (AvgIpc) is 4.04. The first-order valence-electron chi connectivity index (χ1n) is 19.2. The third kappa shape index (κ3) is 7.94. The quantitative estimate of drug-likeness (QED) is 0.415. The van der Waals surface area contributed by atoms with Crippen molar-refractivity contribution in [3.05, 3.63) is 30.0 Å². The number of ether oxygens (including phenoxy) is 3. The summed E-state index contributed by atoms with van der Waals surface area (Å²) in [6.07, 6.45) is 11.3. The maximum absolute atomic E-state index is 14.5. The summed E-state index contributed by atoms with van der Waals surface area (Å²) in [5.74, 6) is -1.21. The number of hydrogen-bond donors (Lipinski definition) is 1. The van der Waals surface area contributed by atoms with Gasteiger partial charge < -0.3 is 19.1 Å². The van der Waals surface area contributed by atoms with Gasteiger partial charge in [-0.3, -0.25) is 23.9 Å². The van der Waals surface area contributed by atoms with Crippen LogP contribution in [-0.2, 0) is 40.4 Å². The number of nitrogens with zero attached hydrogens (tertiary/aromatic N) is 2. The standard InChI is InChI=1S/C39H51N3O9S/c1-49-34-19-25-15-16-40-36-31(25)18-26(34)10-7-5-9-17-50-35(44)20-27-11-6-3-2-4-8-12-28-22-39(28,38(46)41-52(47,48)30-13-14-30)23-33(43)32-21-29(51-36)24-42(32)37(27)45/h15-16,18-19,27-30,32H,2-14,17,20-24H2,1H3,(H,41,46)/t27-,28+,29-,32+,39-/m1/s1. The second kappa shape index (κ2) is 15.3. The molecule has 5 atom stereocenters. The summed E-state index contributed by atoms with van der Waals surface area (Å²) in [5.41, 5.74) is -0.126. The van der Waals surface area contributed by atoms with Crippen LogP contribution in [0.5, 0.6) is 11.6 Å². The molecule has 5 bridgehead atoms. The Kier molecular flexibility index (Phi) is 10.8. The molecule has 2 aromatic rings. The van der Waals surface area contributed by atoms with E-state index in [-0.39, 0.29) is 50.0 Å². The number of hydrogen-bond acceptors (Lipinski definition) is 10. The highest BCUT2D eigenvalue weighted by molar-refractivity contribution is 7.90. The molecule has 4 fully saturated rings. The maximum Gasteiger partial charge on any atom is 0.306 e. The fraction of sp³-hybridized carbons (Fsp3) is 0.667. The first kappa shape index (κ1) is 36.6. The van der Waals surface area contributed by atoms with Gasteiger partial charge in [0.15, 0.2) is 5.78 Å². The van der Waals surface area contributed by atoms with Gasteiger partial charge in [-0.25, -0.2) is 13.4 Å². The Morgan fingerprint density at radius 3 is 2.56 bits per heavy atom. The van der Waals surface area contributed by atoms with E-state index >= 15 is 0 Å². The van der Waals surface area contributed by atoms with Crippen LogP contribution in [0, 0.1) is 17.3 Å². The number of pyridine rings is 1. The predicted octanol–water partition coefficient (Wildman–Crippen LogP) is 5.19. The summed E-state index contributed by atoms with van der Waals surface area (Å²) in [7, 11) is -2.16. The monoisotopic (exact) mass is 737 g/mol. The smallest absolute Gasteiger partial charge is 0.306 e. The number of rotatable bonds is 4. The lowest BCUT2D eigenvalue weighted by atomic mass is 9.90. The molecular weight excluding hydrogens is 687 g/mol. The maximum atomic E-state index is 14.5. The first-order chi connectivity index (χ1) is 25.1. The summed E-state index contributed by atoms with van der Waals surface area (Å²) in [5, 5.41) is 1.13. The Morgan fingerprint density at radius 2 is 1.77 bits per heavy atom. The molecule has 5 aliphatic rings.